The van der Waals surface area contributed by atoms with Gasteiger partial charge in [0.15, 0.2) is 11.7 Å². The molecule has 1 fully saturated rings. The second-order valence-electron chi connectivity index (χ2n) is 7.40. The van der Waals surface area contributed by atoms with E-state index >= 15 is 0 Å². The number of hydrogen-bond donors (Lipinski definition) is 0. The predicted octanol–water partition coefficient (Wildman–Crippen LogP) is 4.00. The van der Waals surface area contributed by atoms with Crippen LogP contribution in [-0.4, -0.2) is 68.9 Å². The number of nitrogens with zero attached hydrogens (tertiary/aromatic N) is 3. The average molecular weight is 496 g/mol. The summed E-state index contributed by atoms with van der Waals surface area (Å²) in [5, 5.41) is 0.478. The van der Waals surface area contributed by atoms with Gasteiger partial charge in [-0.25, -0.2) is 9.37 Å². The maximum Gasteiger partial charge on any atom is 0.266 e. The number of thiazole rings is 1. The van der Waals surface area contributed by atoms with E-state index in [0.29, 0.717) is 27.9 Å². The van der Waals surface area contributed by atoms with Gasteiger partial charge >= 0.3 is 0 Å². The number of para-hydroxylation sites is 1. The predicted molar refractivity (Wildman–Crippen MR) is 130 cm³/mol. The number of fused-ring (bicyclic) bond motifs is 1. The Kier molecular flexibility index (Phi) is 9.25. The Balaban J connectivity index is 0.00000306. The molecule has 0 spiro atoms. The number of amides is 1. The average Bonchev–Trinajstić information content (AvgIpc) is 3.26. The van der Waals surface area contributed by atoms with E-state index < -0.39 is 5.82 Å². The van der Waals surface area contributed by atoms with E-state index in [9.17, 15) is 9.18 Å². The van der Waals surface area contributed by atoms with Gasteiger partial charge in [-0.3, -0.25) is 14.6 Å². The lowest BCUT2D eigenvalue weighted by atomic mass is 10.3. The number of ether oxygens (including phenoxy) is 3. The Hall–Kier alpha value is -2.46. The van der Waals surface area contributed by atoms with Crippen molar-refractivity contribution in [1.82, 2.24) is 9.88 Å². The van der Waals surface area contributed by atoms with Crippen LogP contribution in [0.4, 0.5) is 9.52 Å². The first-order valence-corrected chi connectivity index (χ1v) is 11.4. The molecule has 1 aromatic heterocycles. The molecule has 1 saturated heterocycles. The van der Waals surface area contributed by atoms with Crippen molar-refractivity contribution in [3.05, 3.63) is 48.3 Å². The number of aromatic nitrogens is 1. The highest BCUT2D eigenvalue weighted by Gasteiger charge is 2.22. The summed E-state index contributed by atoms with van der Waals surface area (Å²) >= 11 is 1.31. The van der Waals surface area contributed by atoms with E-state index in [1.807, 2.05) is 12.1 Å². The fraction of sp³-hybridized carbons (Fsp3) is 0.391. The molecule has 0 unspecified atom stereocenters. The van der Waals surface area contributed by atoms with Crippen LogP contribution in [0.15, 0.2) is 42.5 Å². The molecule has 2 heterocycles. The van der Waals surface area contributed by atoms with Crippen molar-refractivity contribution in [2.24, 2.45) is 0 Å². The lowest BCUT2D eigenvalue weighted by molar-refractivity contribution is -0.120. The number of morpholine rings is 1. The minimum absolute atomic E-state index is 0. The molecule has 10 heteroatoms. The van der Waals surface area contributed by atoms with Crippen molar-refractivity contribution in [3.8, 4) is 11.5 Å². The number of halogens is 2. The van der Waals surface area contributed by atoms with Gasteiger partial charge in [0.25, 0.3) is 5.91 Å². The smallest absolute Gasteiger partial charge is 0.266 e. The maximum atomic E-state index is 14.2. The van der Waals surface area contributed by atoms with Crippen LogP contribution in [0.25, 0.3) is 10.2 Å². The molecule has 1 aliphatic rings. The van der Waals surface area contributed by atoms with Gasteiger partial charge in [-0.15, -0.1) is 12.4 Å². The molecule has 7 nitrogen and oxygen atoms in total. The normalized spacial score (nSPS) is 14.0. The van der Waals surface area contributed by atoms with E-state index in [2.05, 4.69) is 9.88 Å². The second kappa shape index (κ2) is 12.1. The summed E-state index contributed by atoms with van der Waals surface area (Å²) in [4.78, 5) is 21.5. The van der Waals surface area contributed by atoms with Gasteiger partial charge < -0.3 is 14.2 Å². The molecule has 178 valence electrons. The molecule has 2 aromatic carbocycles. The fourth-order valence-electron chi connectivity index (χ4n) is 3.54. The summed E-state index contributed by atoms with van der Waals surface area (Å²) in [6.07, 6.45) is 0.767. The van der Waals surface area contributed by atoms with Gasteiger partial charge in [0.2, 0.25) is 0 Å². The summed E-state index contributed by atoms with van der Waals surface area (Å²) in [6.45, 7) is 4.41. The first-order chi connectivity index (χ1) is 15.6. The summed E-state index contributed by atoms with van der Waals surface area (Å²) < 4.78 is 31.2. The molecule has 4 rings (SSSR count). The van der Waals surface area contributed by atoms with Crippen molar-refractivity contribution < 1.29 is 23.4 Å². The van der Waals surface area contributed by atoms with Crippen molar-refractivity contribution in [2.75, 3.05) is 58.0 Å². The molecule has 1 amide bonds. The first kappa shape index (κ1) is 25.2. The summed E-state index contributed by atoms with van der Waals surface area (Å²) in [5.74, 6) is 0.577. The molecule has 0 saturated carbocycles. The Morgan fingerprint density at radius 2 is 1.97 bits per heavy atom. The molecule has 0 bridgehead atoms. The molecule has 0 radical (unpaired) electrons. The number of carbonyl (C=O) groups excluding carboxylic acids is 1. The monoisotopic (exact) mass is 495 g/mol. The number of rotatable bonds is 9. The molecular weight excluding hydrogens is 469 g/mol. The zero-order chi connectivity index (χ0) is 22.3. The fourth-order valence-corrected chi connectivity index (χ4v) is 4.56. The van der Waals surface area contributed by atoms with Crippen molar-refractivity contribution in [2.45, 2.75) is 6.42 Å². The molecule has 1 aliphatic heterocycles. The molecule has 0 atom stereocenters. The summed E-state index contributed by atoms with van der Waals surface area (Å²) in [5.41, 5.74) is 0.284. The van der Waals surface area contributed by atoms with Gasteiger partial charge in [-0.05, 0) is 30.7 Å². The van der Waals surface area contributed by atoms with Gasteiger partial charge in [0.1, 0.15) is 22.8 Å². The third-order valence-corrected chi connectivity index (χ3v) is 6.30. The number of carbonyl (C=O) groups is 1. The zero-order valence-electron chi connectivity index (χ0n) is 18.4. The van der Waals surface area contributed by atoms with Crippen molar-refractivity contribution in [3.63, 3.8) is 0 Å². The molecule has 0 N–H and O–H groups in total. The SMILES string of the molecule is COc1cccc(OCC(=O)N(CCCN2CCOCC2)c2nc3c(F)cccc3s2)c1.Cl. The summed E-state index contributed by atoms with van der Waals surface area (Å²) in [6, 6.07) is 11.9. The quantitative estimate of drug-likeness (QED) is 0.447. The Bertz CT molecular complexity index is 1060. The zero-order valence-corrected chi connectivity index (χ0v) is 20.0. The third kappa shape index (κ3) is 6.54. The third-order valence-electron chi connectivity index (χ3n) is 5.25. The Morgan fingerprint density at radius 3 is 2.73 bits per heavy atom. The number of benzene rings is 2. The van der Waals surface area contributed by atoms with E-state index in [1.165, 1.54) is 17.4 Å². The highest BCUT2D eigenvalue weighted by atomic mass is 35.5. The van der Waals surface area contributed by atoms with Gasteiger partial charge in [0.05, 0.1) is 25.0 Å². The van der Waals surface area contributed by atoms with E-state index in [-0.39, 0.29) is 30.4 Å². The highest BCUT2D eigenvalue weighted by molar-refractivity contribution is 7.22. The standard InChI is InChI=1S/C23H26FN3O4S.ClH/c1-29-17-5-2-6-18(15-17)31-16-21(28)27(10-4-9-26-11-13-30-14-12-26)23-25-22-19(24)7-3-8-20(22)32-23;/h2-3,5-8,15H,4,9-14,16H2,1H3;1H. The molecule has 0 aliphatic carbocycles. The topological polar surface area (TPSA) is 64.1 Å². The highest BCUT2D eigenvalue weighted by Crippen LogP contribution is 2.30. The maximum absolute atomic E-state index is 14.2. The second-order valence-corrected chi connectivity index (χ2v) is 8.41. The van der Waals surface area contributed by atoms with Gasteiger partial charge in [-0.2, -0.15) is 0 Å². The van der Waals surface area contributed by atoms with Gasteiger partial charge in [-0.1, -0.05) is 23.5 Å². The van der Waals surface area contributed by atoms with Crippen LogP contribution in [0.3, 0.4) is 0 Å². The lowest BCUT2D eigenvalue weighted by Gasteiger charge is -2.27. The van der Waals surface area contributed by atoms with E-state index in [0.717, 1.165) is 39.3 Å². The van der Waals surface area contributed by atoms with Crippen LogP contribution in [0.5, 0.6) is 11.5 Å². The number of anilines is 1. The Morgan fingerprint density at radius 1 is 1.21 bits per heavy atom. The minimum atomic E-state index is -0.390. The van der Waals surface area contributed by atoms with Crippen LogP contribution in [0, 0.1) is 5.82 Å². The molecule has 3 aromatic rings. The van der Waals surface area contributed by atoms with Crippen LogP contribution in [-0.2, 0) is 9.53 Å². The van der Waals surface area contributed by atoms with Crippen LogP contribution in [0.2, 0.25) is 0 Å². The van der Waals surface area contributed by atoms with E-state index in [1.54, 1.807) is 36.3 Å². The Labute approximate surface area is 202 Å². The van der Waals surface area contributed by atoms with E-state index in [4.69, 9.17) is 14.2 Å². The minimum Gasteiger partial charge on any atom is -0.497 e. The van der Waals surface area contributed by atoms with Crippen LogP contribution < -0.4 is 14.4 Å². The lowest BCUT2D eigenvalue weighted by Crippen LogP contribution is -2.40. The van der Waals surface area contributed by atoms with Gasteiger partial charge in [0, 0.05) is 32.2 Å². The van der Waals surface area contributed by atoms with Crippen LogP contribution >= 0.6 is 23.7 Å². The molecule has 33 heavy (non-hydrogen) atoms. The summed E-state index contributed by atoms with van der Waals surface area (Å²) in [7, 11) is 1.58. The van der Waals surface area contributed by atoms with Crippen LogP contribution in [0.1, 0.15) is 6.42 Å². The van der Waals surface area contributed by atoms with Crippen molar-refractivity contribution >= 4 is 45.0 Å². The largest absolute Gasteiger partial charge is 0.497 e. The number of methoxy groups -OCH3 is 1. The van der Waals surface area contributed by atoms with Crippen molar-refractivity contribution in [1.29, 1.82) is 0 Å². The number of hydrogen-bond acceptors (Lipinski definition) is 7. The first-order valence-electron chi connectivity index (χ1n) is 10.6. The molecular formula is C23H27ClFN3O4S.